The van der Waals surface area contributed by atoms with Crippen LogP contribution in [0, 0.1) is 6.92 Å². The van der Waals surface area contributed by atoms with E-state index in [9.17, 15) is 9.59 Å². The van der Waals surface area contributed by atoms with Gasteiger partial charge < -0.3 is 20.1 Å². The first-order valence-electron chi connectivity index (χ1n) is 9.22. The summed E-state index contributed by atoms with van der Waals surface area (Å²) in [6.45, 7) is 3.13. The van der Waals surface area contributed by atoms with Gasteiger partial charge in [0.15, 0.2) is 11.5 Å². The summed E-state index contributed by atoms with van der Waals surface area (Å²) >= 11 is 3.38. The molecule has 0 aromatic heterocycles. The first-order chi connectivity index (χ1) is 13.5. The molecule has 0 aliphatic carbocycles. The number of fused-ring (bicyclic) bond motifs is 1. The molecular formula is C21H23BrN2O4. The second-order valence-corrected chi connectivity index (χ2v) is 7.53. The number of aryl methyl sites for hydroxylation is 2. The van der Waals surface area contributed by atoms with E-state index in [-0.39, 0.29) is 18.4 Å². The maximum Gasteiger partial charge on any atom is 0.243 e. The standard InChI is InChI=1S/C21H23BrN2O4/c1-14-3-6-16(22)12-17(14)24-21(26)13-23-20(25)8-5-15-4-7-18-19(11-15)28-10-2-9-27-18/h3-4,6-7,11-12H,2,5,8-10,13H2,1H3,(H,23,25)(H,24,26). The third-order valence-electron chi connectivity index (χ3n) is 4.37. The van der Waals surface area contributed by atoms with Crippen LogP contribution >= 0.6 is 15.9 Å². The smallest absolute Gasteiger partial charge is 0.243 e. The molecule has 0 bridgehead atoms. The maximum atomic E-state index is 12.1. The lowest BCUT2D eigenvalue weighted by Crippen LogP contribution is -2.33. The van der Waals surface area contributed by atoms with Gasteiger partial charge in [-0.05, 0) is 48.7 Å². The van der Waals surface area contributed by atoms with Crippen molar-refractivity contribution in [2.24, 2.45) is 0 Å². The lowest BCUT2D eigenvalue weighted by atomic mass is 10.1. The zero-order chi connectivity index (χ0) is 19.9. The molecule has 0 saturated carbocycles. The predicted octanol–water partition coefficient (Wildman–Crippen LogP) is 3.61. The fraction of sp³-hybridized carbons (Fsp3) is 0.333. The van der Waals surface area contributed by atoms with Gasteiger partial charge in [-0.2, -0.15) is 0 Å². The molecule has 148 valence electrons. The number of carbonyl (C=O) groups is 2. The van der Waals surface area contributed by atoms with E-state index >= 15 is 0 Å². The average molecular weight is 447 g/mol. The molecule has 2 aromatic rings. The molecule has 2 aromatic carbocycles. The minimum atomic E-state index is -0.259. The van der Waals surface area contributed by atoms with Gasteiger partial charge in [0, 0.05) is 23.0 Å². The third-order valence-corrected chi connectivity index (χ3v) is 4.87. The van der Waals surface area contributed by atoms with Crippen LogP contribution in [-0.4, -0.2) is 31.6 Å². The molecule has 2 amide bonds. The summed E-state index contributed by atoms with van der Waals surface area (Å²) in [6, 6.07) is 11.4. The summed E-state index contributed by atoms with van der Waals surface area (Å²) in [4.78, 5) is 24.2. The third kappa shape index (κ3) is 5.73. The van der Waals surface area contributed by atoms with Crippen molar-refractivity contribution >= 4 is 33.4 Å². The van der Waals surface area contributed by atoms with Crippen LogP contribution in [0.3, 0.4) is 0 Å². The molecule has 0 atom stereocenters. The Morgan fingerprint density at radius 3 is 2.64 bits per heavy atom. The Bertz CT molecular complexity index is 869. The van der Waals surface area contributed by atoms with E-state index in [4.69, 9.17) is 9.47 Å². The highest BCUT2D eigenvalue weighted by Crippen LogP contribution is 2.30. The van der Waals surface area contributed by atoms with Gasteiger partial charge in [-0.15, -0.1) is 0 Å². The van der Waals surface area contributed by atoms with Gasteiger partial charge in [-0.3, -0.25) is 9.59 Å². The van der Waals surface area contributed by atoms with E-state index in [1.165, 1.54) is 0 Å². The summed E-state index contributed by atoms with van der Waals surface area (Å²) in [6.07, 6.45) is 1.71. The van der Waals surface area contributed by atoms with E-state index in [1.807, 2.05) is 43.3 Å². The van der Waals surface area contributed by atoms with E-state index < -0.39 is 0 Å². The Hall–Kier alpha value is -2.54. The quantitative estimate of drug-likeness (QED) is 0.710. The molecule has 6 nitrogen and oxygen atoms in total. The van der Waals surface area contributed by atoms with E-state index in [2.05, 4.69) is 26.6 Å². The molecule has 2 N–H and O–H groups in total. The van der Waals surface area contributed by atoms with Crippen molar-refractivity contribution in [1.29, 1.82) is 0 Å². The largest absolute Gasteiger partial charge is 0.490 e. The highest BCUT2D eigenvalue weighted by Gasteiger charge is 2.12. The Kier molecular flexibility index (Phi) is 6.92. The molecule has 0 saturated heterocycles. The highest BCUT2D eigenvalue weighted by molar-refractivity contribution is 9.10. The lowest BCUT2D eigenvalue weighted by Gasteiger charge is -2.11. The molecule has 0 fully saturated rings. The number of hydrogen-bond donors (Lipinski definition) is 2. The van der Waals surface area contributed by atoms with Crippen LogP contribution in [0.25, 0.3) is 0 Å². The second-order valence-electron chi connectivity index (χ2n) is 6.62. The molecule has 1 aliphatic rings. The van der Waals surface area contributed by atoms with E-state index in [0.717, 1.165) is 39.2 Å². The van der Waals surface area contributed by atoms with Crippen LogP contribution in [-0.2, 0) is 16.0 Å². The Labute approximate surface area is 172 Å². The lowest BCUT2D eigenvalue weighted by molar-refractivity contribution is -0.124. The zero-order valence-electron chi connectivity index (χ0n) is 15.7. The SMILES string of the molecule is Cc1ccc(Br)cc1NC(=O)CNC(=O)CCc1ccc2c(c1)OCCCO2. The van der Waals surface area contributed by atoms with Crippen LogP contribution < -0.4 is 20.1 Å². The van der Waals surface area contributed by atoms with Crippen molar-refractivity contribution in [2.75, 3.05) is 25.1 Å². The van der Waals surface area contributed by atoms with Gasteiger partial charge in [0.25, 0.3) is 0 Å². The van der Waals surface area contributed by atoms with Crippen molar-refractivity contribution in [1.82, 2.24) is 5.32 Å². The van der Waals surface area contributed by atoms with Crippen molar-refractivity contribution in [3.05, 3.63) is 52.0 Å². The monoisotopic (exact) mass is 446 g/mol. The first kappa shape index (κ1) is 20.2. The minimum absolute atomic E-state index is 0.0636. The molecule has 3 rings (SSSR count). The van der Waals surface area contributed by atoms with Gasteiger partial charge in [0.05, 0.1) is 19.8 Å². The molecule has 0 unspecified atom stereocenters. The second kappa shape index (κ2) is 9.59. The number of ether oxygens (including phenoxy) is 2. The molecule has 1 aliphatic heterocycles. The number of carbonyl (C=O) groups excluding carboxylic acids is 2. The predicted molar refractivity (Wildman–Crippen MR) is 111 cm³/mol. The zero-order valence-corrected chi connectivity index (χ0v) is 17.3. The van der Waals surface area contributed by atoms with Gasteiger partial charge in [-0.1, -0.05) is 28.1 Å². The first-order valence-corrected chi connectivity index (χ1v) is 10.0. The number of rotatable bonds is 6. The topological polar surface area (TPSA) is 76.7 Å². The van der Waals surface area contributed by atoms with Gasteiger partial charge in [0.1, 0.15) is 0 Å². The van der Waals surface area contributed by atoms with Crippen LogP contribution in [0.2, 0.25) is 0 Å². The summed E-state index contributed by atoms with van der Waals surface area (Å²) in [5.74, 6) is 1.03. The van der Waals surface area contributed by atoms with E-state index in [1.54, 1.807) is 0 Å². The fourth-order valence-electron chi connectivity index (χ4n) is 2.81. The van der Waals surface area contributed by atoms with Crippen molar-refractivity contribution in [3.8, 4) is 11.5 Å². The molecule has 7 heteroatoms. The summed E-state index contributed by atoms with van der Waals surface area (Å²) in [5.41, 5.74) is 2.67. The van der Waals surface area contributed by atoms with Gasteiger partial charge >= 0.3 is 0 Å². The van der Waals surface area contributed by atoms with Crippen LogP contribution in [0.4, 0.5) is 5.69 Å². The van der Waals surface area contributed by atoms with E-state index in [0.29, 0.717) is 26.1 Å². The number of halogens is 1. The number of nitrogens with one attached hydrogen (secondary N) is 2. The number of anilines is 1. The van der Waals surface area contributed by atoms with Crippen molar-refractivity contribution in [3.63, 3.8) is 0 Å². The summed E-state index contributed by atoms with van der Waals surface area (Å²) < 4.78 is 12.2. The average Bonchev–Trinajstić information content (AvgIpc) is 2.92. The van der Waals surface area contributed by atoms with Gasteiger partial charge in [0.2, 0.25) is 11.8 Å². The highest BCUT2D eigenvalue weighted by atomic mass is 79.9. The van der Waals surface area contributed by atoms with Crippen LogP contribution in [0.15, 0.2) is 40.9 Å². The number of benzene rings is 2. The molecule has 0 radical (unpaired) electrons. The summed E-state index contributed by atoms with van der Waals surface area (Å²) in [5, 5.41) is 5.47. The number of amides is 2. The number of hydrogen-bond acceptors (Lipinski definition) is 4. The van der Waals surface area contributed by atoms with Crippen molar-refractivity contribution in [2.45, 2.75) is 26.2 Å². The summed E-state index contributed by atoms with van der Waals surface area (Å²) in [7, 11) is 0. The van der Waals surface area contributed by atoms with Gasteiger partial charge in [-0.25, -0.2) is 0 Å². The van der Waals surface area contributed by atoms with Crippen LogP contribution in [0.1, 0.15) is 24.0 Å². The molecule has 28 heavy (non-hydrogen) atoms. The molecular weight excluding hydrogens is 424 g/mol. The Morgan fingerprint density at radius 1 is 1.04 bits per heavy atom. The molecule has 0 spiro atoms. The maximum absolute atomic E-state index is 12.1. The normalized spacial score (nSPS) is 12.8. The van der Waals surface area contributed by atoms with Crippen LogP contribution in [0.5, 0.6) is 11.5 Å². The Morgan fingerprint density at radius 2 is 1.82 bits per heavy atom. The Balaban J connectivity index is 1.45. The molecule has 1 heterocycles. The van der Waals surface area contributed by atoms with Crippen molar-refractivity contribution < 1.29 is 19.1 Å². The fourth-order valence-corrected chi connectivity index (χ4v) is 3.17. The minimum Gasteiger partial charge on any atom is -0.490 e.